The van der Waals surface area contributed by atoms with E-state index in [4.69, 9.17) is 0 Å². The number of halogens is 1. The van der Waals surface area contributed by atoms with Crippen LogP contribution in [0.1, 0.15) is 54.8 Å². The fraction of sp³-hybridized carbons (Fsp3) is 0.526. The maximum absolute atomic E-state index is 14.6. The average Bonchev–Trinajstić information content (AvgIpc) is 3.03. The molecule has 24 heavy (non-hydrogen) atoms. The van der Waals surface area contributed by atoms with Gasteiger partial charge in [0.15, 0.2) is 11.6 Å². The minimum Gasteiger partial charge on any atom is -0.336 e. The highest BCUT2D eigenvalue weighted by Gasteiger charge is 2.37. The van der Waals surface area contributed by atoms with Crippen LogP contribution in [0, 0.1) is 17.7 Å². The second-order valence-corrected chi connectivity index (χ2v) is 8.48. The van der Waals surface area contributed by atoms with E-state index in [2.05, 4.69) is 21.6 Å². The molecule has 0 saturated heterocycles. The van der Waals surface area contributed by atoms with E-state index in [9.17, 15) is 4.39 Å². The summed E-state index contributed by atoms with van der Waals surface area (Å²) in [5.74, 6) is 4.81. The molecule has 2 unspecified atom stereocenters. The zero-order valence-corrected chi connectivity index (χ0v) is 14.5. The number of aromatic nitrogens is 2. The van der Waals surface area contributed by atoms with Crippen molar-refractivity contribution in [2.24, 2.45) is 11.8 Å². The van der Waals surface area contributed by atoms with Crippen LogP contribution in [0.3, 0.4) is 0 Å². The van der Waals surface area contributed by atoms with Gasteiger partial charge >= 0.3 is 0 Å². The van der Waals surface area contributed by atoms with Gasteiger partial charge < -0.3 is 5.32 Å². The van der Waals surface area contributed by atoms with E-state index in [1.807, 2.05) is 12.1 Å². The van der Waals surface area contributed by atoms with Gasteiger partial charge in [0.05, 0.1) is 5.69 Å². The number of nitrogens with one attached hydrogen (secondary N) is 2. The largest absolute Gasteiger partial charge is 0.336 e. The molecule has 126 valence electrons. The summed E-state index contributed by atoms with van der Waals surface area (Å²) < 4.78 is 14.6. The van der Waals surface area contributed by atoms with Crippen molar-refractivity contribution in [1.82, 2.24) is 10.2 Å². The van der Waals surface area contributed by atoms with Gasteiger partial charge in [0.1, 0.15) is 0 Å². The van der Waals surface area contributed by atoms with Crippen LogP contribution in [-0.2, 0) is 11.5 Å². The highest BCUT2D eigenvalue weighted by Crippen LogP contribution is 2.49. The summed E-state index contributed by atoms with van der Waals surface area (Å²) in [6.07, 6.45) is 6.77. The molecule has 1 aromatic carbocycles. The van der Waals surface area contributed by atoms with Gasteiger partial charge in [0.25, 0.3) is 0 Å². The van der Waals surface area contributed by atoms with E-state index >= 15 is 0 Å². The first-order valence-electron chi connectivity index (χ1n) is 8.98. The Morgan fingerprint density at radius 1 is 1.12 bits per heavy atom. The van der Waals surface area contributed by atoms with Crippen molar-refractivity contribution < 1.29 is 4.39 Å². The zero-order valence-electron chi connectivity index (χ0n) is 13.6. The number of hydrogen-bond acceptors (Lipinski definition) is 3. The van der Waals surface area contributed by atoms with E-state index in [1.165, 1.54) is 37.8 Å². The number of anilines is 2. The molecule has 3 nitrogen and oxygen atoms in total. The third-order valence-electron chi connectivity index (χ3n) is 5.91. The zero-order chi connectivity index (χ0) is 16.1. The molecule has 0 amide bonds. The molecule has 1 aromatic heterocycles. The lowest BCUT2D eigenvalue weighted by molar-refractivity contribution is 0.471. The molecule has 2 heterocycles. The third kappa shape index (κ3) is 2.63. The Kier molecular flexibility index (Phi) is 3.58. The van der Waals surface area contributed by atoms with Crippen LogP contribution in [-0.4, -0.2) is 10.2 Å². The molecule has 2 aromatic rings. The van der Waals surface area contributed by atoms with Gasteiger partial charge in [0.2, 0.25) is 0 Å². The Morgan fingerprint density at radius 3 is 2.88 bits per heavy atom. The standard InChI is InChI=1S/C19H22FN3S/c20-19-15-10-24-9-14(15)5-6-16(19)21-18-8-17(22-23-18)13-4-3-12(7-13)11-1-2-11/h5-6,8,11-13H,1-4,7,9-10H2,(H2,21,22,23). The van der Waals surface area contributed by atoms with Gasteiger partial charge in [0, 0.05) is 34.7 Å². The smallest absolute Gasteiger partial charge is 0.152 e. The monoisotopic (exact) mass is 343 g/mol. The van der Waals surface area contributed by atoms with Gasteiger partial charge in [-0.05, 0) is 55.6 Å². The van der Waals surface area contributed by atoms with Gasteiger partial charge in [-0.25, -0.2) is 4.39 Å². The summed E-state index contributed by atoms with van der Waals surface area (Å²) >= 11 is 1.77. The maximum atomic E-state index is 14.6. The van der Waals surface area contributed by atoms with Crippen LogP contribution < -0.4 is 5.32 Å². The van der Waals surface area contributed by atoms with Crippen molar-refractivity contribution >= 4 is 23.3 Å². The molecule has 0 radical (unpaired) electrons. The number of rotatable bonds is 4. The Labute approximate surface area is 145 Å². The normalized spacial score (nSPS) is 25.9. The Hall–Kier alpha value is -1.49. The lowest BCUT2D eigenvalue weighted by Gasteiger charge is -2.09. The quantitative estimate of drug-likeness (QED) is 0.788. The average molecular weight is 343 g/mol. The SMILES string of the molecule is Fc1c(Nc2cc(C3CCC(C4CC4)C3)[nH]n2)ccc2c1CSC2. The first-order valence-corrected chi connectivity index (χ1v) is 10.1. The molecule has 1 aliphatic heterocycles. The fourth-order valence-electron chi connectivity index (χ4n) is 4.35. The van der Waals surface area contributed by atoms with Crippen LogP contribution in [0.25, 0.3) is 0 Å². The van der Waals surface area contributed by atoms with Gasteiger partial charge in [-0.3, -0.25) is 5.10 Å². The number of thioether (sulfide) groups is 1. The summed E-state index contributed by atoms with van der Waals surface area (Å²) in [4.78, 5) is 0. The third-order valence-corrected chi connectivity index (χ3v) is 6.91. The first kappa shape index (κ1) is 14.8. The predicted molar refractivity (Wildman–Crippen MR) is 96.1 cm³/mol. The molecule has 2 saturated carbocycles. The first-order chi connectivity index (χ1) is 11.8. The van der Waals surface area contributed by atoms with Crippen LogP contribution in [0.2, 0.25) is 0 Å². The van der Waals surface area contributed by atoms with E-state index < -0.39 is 0 Å². The minimum atomic E-state index is -0.114. The van der Waals surface area contributed by atoms with Crippen molar-refractivity contribution in [3.05, 3.63) is 40.8 Å². The molecular weight excluding hydrogens is 321 g/mol. The number of benzene rings is 1. The lowest BCUT2D eigenvalue weighted by atomic mass is 9.98. The fourth-order valence-corrected chi connectivity index (χ4v) is 5.46. The Bertz CT molecular complexity index is 768. The molecule has 0 spiro atoms. The summed E-state index contributed by atoms with van der Waals surface area (Å²) in [7, 11) is 0. The molecule has 3 aliphatic rings. The van der Waals surface area contributed by atoms with Crippen LogP contribution >= 0.6 is 11.8 Å². The predicted octanol–water partition coefficient (Wildman–Crippen LogP) is 5.33. The molecule has 2 aliphatic carbocycles. The summed E-state index contributed by atoms with van der Waals surface area (Å²) in [6, 6.07) is 5.94. The molecule has 0 bridgehead atoms. The van der Waals surface area contributed by atoms with Crippen LogP contribution in [0.15, 0.2) is 18.2 Å². The Balaban J connectivity index is 1.31. The second kappa shape index (κ2) is 5.80. The van der Waals surface area contributed by atoms with Crippen LogP contribution in [0.5, 0.6) is 0 Å². The van der Waals surface area contributed by atoms with E-state index in [-0.39, 0.29) is 5.82 Å². The number of hydrogen-bond donors (Lipinski definition) is 2. The number of fused-ring (bicyclic) bond motifs is 1. The maximum Gasteiger partial charge on any atom is 0.152 e. The van der Waals surface area contributed by atoms with Crippen LogP contribution in [0.4, 0.5) is 15.9 Å². The van der Waals surface area contributed by atoms with E-state index in [0.29, 0.717) is 11.6 Å². The van der Waals surface area contributed by atoms with Crippen molar-refractivity contribution in [1.29, 1.82) is 0 Å². The topological polar surface area (TPSA) is 40.7 Å². The number of nitrogens with zero attached hydrogens (tertiary/aromatic N) is 1. The van der Waals surface area contributed by atoms with Crippen molar-refractivity contribution in [2.45, 2.75) is 49.5 Å². The minimum absolute atomic E-state index is 0.114. The summed E-state index contributed by atoms with van der Waals surface area (Å²) in [5.41, 5.74) is 3.72. The molecule has 2 N–H and O–H groups in total. The van der Waals surface area contributed by atoms with Gasteiger partial charge in [-0.15, -0.1) is 0 Å². The molecule has 5 heteroatoms. The van der Waals surface area contributed by atoms with Crippen molar-refractivity contribution in [3.63, 3.8) is 0 Å². The molecule has 2 atom stereocenters. The van der Waals surface area contributed by atoms with Gasteiger partial charge in [-0.2, -0.15) is 16.9 Å². The molecule has 5 rings (SSSR count). The summed E-state index contributed by atoms with van der Waals surface area (Å²) in [5, 5.41) is 10.7. The van der Waals surface area contributed by atoms with E-state index in [0.717, 1.165) is 40.3 Å². The second-order valence-electron chi connectivity index (χ2n) is 7.50. The molecular formula is C19H22FN3S. The van der Waals surface area contributed by atoms with Crippen molar-refractivity contribution in [2.75, 3.05) is 5.32 Å². The Morgan fingerprint density at radius 2 is 2.00 bits per heavy atom. The lowest BCUT2D eigenvalue weighted by Crippen LogP contribution is -1.98. The van der Waals surface area contributed by atoms with E-state index in [1.54, 1.807) is 11.8 Å². The molecule has 2 fully saturated rings. The van der Waals surface area contributed by atoms with Gasteiger partial charge in [-0.1, -0.05) is 6.07 Å². The highest BCUT2D eigenvalue weighted by atomic mass is 32.2. The number of H-pyrrole nitrogens is 1. The summed E-state index contributed by atoms with van der Waals surface area (Å²) in [6.45, 7) is 0. The van der Waals surface area contributed by atoms with Crippen molar-refractivity contribution in [3.8, 4) is 0 Å². The number of aromatic amines is 1. The highest BCUT2D eigenvalue weighted by molar-refractivity contribution is 7.98.